The minimum absolute atomic E-state index is 0.308. The molecule has 1 aliphatic heterocycles. The molecular formula is C19H26ClN3O. The normalized spacial score (nSPS) is 16.7. The zero-order valence-corrected chi connectivity index (χ0v) is 15.3. The maximum Gasteiger partial charge on any atom is 0.132 e. The molecule has 130 valence electrons. The Morgan fingerprint density at radius 2 is 1.79 bits per heavy atom. The monoisotopic (exact) mass is 347 g/mol. The second kappa shape index (κ2) is 7.68. The average Bonchev–Trinajstić information content (AvgIpc) is 2.85. The molecule has 3 rings (SSSR count). The summed E-state index contributed by atoms with van der Waals surface area (Å²) in [6.45, 7) is 8.01. The SMILES string of the molecule is Cc1ccc(Cn2nc(C)c(CN3CCC(CO)CC3)c2Cl)cc1. The molecular weight excluding hydrogens is 322 g/mol. The molecule has 0 atom stereocenters. The van der Waals surface area contributed by atoms with Gasteiger partial charge in [0.05, 0.1) is 12.2 Å². The van der Waals surface area contributed by atoms with Crippen LogP contribution in [0.15, 0.2) is 24.3 Å². The summed E-state index contributed by atoms with van der Waals surface area (Å²) in [6.07, 6.45) is 2.12. The number of aromatic nitrogens is 2. The van der Waals surface area contributed by atoms with Crippen molar-refractivity contribution in [2.45, 2.75) is 39.8 Å². The topological polar surface area (TPSA) is 41.3 Å². The number of aliphatic hydroxyl groups excluding tert-OH is 1. The molecule has 0 radical (unpaired) electrons. The number of rotatable bonds is 5. The third kappa shape index (κ3) is 4.00. The van der Waals surface area contributed by atoms with Crippen molar-refractivity contribution < 1.29 is 5.11 Å². The largest absolute Gasteiger partial charge is 0.396 e. The number of hydrogen-bond acceptors (Lipinski definition) is 3. The zero-order chi connectivity index (χ0) is 17.1. The van der Waals surface area contributed by atoms with E-state index in [1.165, 1.54) is 11.1 Å². The molecule has 0 unspecified atom stereocenters. The highest BCUT2D eigenvalue weighted by Crippen LogP contribution is 2.25. The first-order chi connectivity index (χ1) is 11.6. The molecule has 5 heteroatoms. The first-order valence-corrected chi connectivity index (χ1v) is 9.05. The summed E-state index contributed by atoms with van der Waals surface area (Å²) in [5.74, 6) is 0.460. The number of piperidine rings is 1. The van der Waals surface area contributed by atoms with Crippen molar-refractivity contribution in [2.24, 2.45) is 5.92 Å². The summed E-state index contributed by atoms with van der Waals surface area (Å²) in [5.41, 5.74) is 4.61. The van der Waals surface area contributed by atoms with Gasteiger partial charge in [-0.1, -0.05) is 41.4 Å². The summed E-state index contributed by atoms with van der Waals surface area (Å²) in [5, 5.41) is 14.7. The van der Waals surface area contributed by atoms with Crippen molar-refractivity contribution in [3.05, 3.63) is 51.8 Å². The summed E-state index contributed by atoms with van der Waals surface area (Å²) in [6, 6.07) is 8.49. The summed E-state index contributed by atoms with van der Waals surface area (Å²) in [7, 11) is 0. The standard InChI is InChI=1S/C19H26ClN3O/c1-14-3-5-16(6-4-14)11-23-19(20)18(15(2)21-23)12-22-9-7-17(13-24)8-10-22/h3-6,17,24H,7-13H2,1-2H3. The maximum atomic E-state index is 9.26. The van der Waals surface area contributed by atoms with Crippen LogP contribution in [0.2, 0.25) is 5.15 Å². The molecule has 0 saturated carbocycles. The van der Waals surface area contributed by atoms with E-state index in [-0.39, 0.29) is 0 Å². The smallest absolute Gasteiger partial charge is 0.132 e. The van der Waals surface area contributed by atoms with Crippen molar-refractivity contribution in [2.75, 3.05) is 19.7 Å². The third-order valence-electron chi connectivity index (χ3n) is 4.98. The minimum Gasteiger partial charge on any atom is -0.396 e. The Morgan fingerprint density at radius 3 is 2.42 bits per heavy atom. The highest BCUT2D eigenvalue weighted by Gasteiger charge is 2.22. The minimum atomic E-state index is 0.308. The Kier molecular flexibility index (Phi) is 5.59. The fourth-order valence-corrected chi connectivity index (χ4v) is 3.59. The van der Waals surface area contributed by atoms with Gasteiger partial charge < -0.3 is 5.11 Å². The van der Waals surface area contributed by atoms with Crippen LogP contribution in [-0.2, 0) is 13.1 Å². The fraction of sp³-hybridized carbons (Fsp3) is 0.526. The Morgan fingerprint density at radius 1 is 1.12 bits per heavy atom. The lowest BCUT2D eigenvalue weighted by atomic mass is 9.97. The van der Waals surface area contributed by atoms with Gasteiger partial charge in [-0.25, -0.2) is 4.68 Å². The van der Waals surface area contributed by atoms with Crippen LogP contribution in [0.5, 0.6) is 0 Å². The number of hydrogen-bond donors (Lipinski definition) is 1. The van der Waals surface area contributed by atoms with Crippen molar-refractivity contribution in [1.29, 1.82) is 0 Å². The van der Waals surface area contributed by atoms with Crippen LogP contribution in [0.4, 0.5) is 0 Å². The lowest BCUT2D eigenvalue weighted by Gasteiger charge is -2.30. The molecule has 0 amide bonds. The predicted octanol–water partition coefficient (Wildman–Crippen LogP) is 3.41. The number of likely N-dealkylation sites (tertiary alicyclic amines) is 1. The Bertz CT molecular complexity index is 673. The second-order valence-corrected chi connectivity index (χ2v) is 7.26. The highest BCUT2D eigenvalue weighted by molar-refractivity contribution is 6.30. The average molecular weight is 348 g/mol. The van der Waals surface area contributed by atoms with Gasteiger partial charge in [0.15, 0.2) is 0 Å². The molecule has 2 heterocycles. The van der Waals surface area contributed by atoms with Gasteiger partial charge in [-0.2, -0.15) is 5.10 Å². The van der Waals surface area contributed by atoms with E-state index in [2.05, 4.69) is 41.2 Å². The quantitative estimate of drug-likeness (QED) is 0.901. The fourth-order valence-electron chi connectivity index (χ4n) is 3.29. The van der Waals surface area contributed by atoms with E-state index in [0.29, 0.717) is 19.1 Å². The molecule has 24 heavy (non-hydrogen) atoms. The van der Waals surface area contributed by atoms with E-state index in [1.807, 2.05) is 11.6 Å². The van der Waals surface area contributed by atoms with Crippen molar-refractivity contribution >= 4 is 11.6 Å². The van der Waals surface area contributed by atoms with Gasteiger partial charge in [-0.15, -0.1) is 0 Å². The van der Waals surface area contributed by atoms with Gasteiger partial charge in [0.2, 0.25) is 0 Å². The summed E-state index contributed by atoms with van der Waals surface area (Å²) < 4.78 is 1.90. The second-order valence-electron chi connectivity index (χ2n) is 6.90. The van der Waals surface area contributed by atoms with Crippen molar-refractivity contribution in [3.63, 3.8) is 0 Å². The molecule has 0 bridgehead atoms. The molecule has 1 fully saturated rings. The number of aryl methyl sites for hydroxylation is 2. The van der Waals surface area contributed by atoms with Crippen LogP contribution >= 0.6 is 11.6 Å². The molecule has 0 spiro atoms. The number of benzene rings is 1. The van der Waals surface area contributed by atoms with Crippen LogP contribution in [-0.4, -0.2) is 39.5 Å². The van der Waals surface area contributed by atoms with Crippen LogP contribution < -0.4 is 0 Å². The predicted molar refractivity (Wildman–Crippen MR) is 97.3 cm³/mol. The van der Waals surface area contributed by atoms with E-state index in [4.69, 9.17) is 11.6 Å². The Balaban J connectivity index is 1.69. The Hall–Kier alpha value is -1.36. The van der Waals surface area contributed by atoms with E-state index < -0.39 is 0 Å². The van der Waals surface area contributed by atoms with E-state index in [0.717, 1.165) is 48.9 Å². The molecule has 1 saturated heterocycles. The maximum absolute atomic E-state index is 9.26. The van der Waals surface area contributed by atoms with Gasteiger partial charge in [0.25, 0.3) is 0 Å². The zero-order valence-electron chi connectivity index (χ0n) is 14.5. The van der Waals surface area contributed by atoms with E-state index in [1.54, 1.807) is 0 Å². The van der Waals surface area contributed by atoms with E-state index in [9.17, 15) is 5.11 Å². The Labute approximate surface area is 149 Å². The van der Waals surface area contributed by atoms with Crippen LogP contribution in [0, 0.1) is 19.8 Å². The number of aliphatic hydroxyl groups is 1. The van der Waals surface area contributed by atoms with Crippen molar-refractivity contribution in [3.8, 4) is 0 Å². The van der Waals surface area contributed by atoms with Gasteiger partial charge in [0, 0.05) is 18.7 Å². The molecule has 1 aliphatic rings. The van der Waals surface area contributed by atoms with Crippen LogP contribution in [0.25, 0.3) is 0 Å². The molecule has 1 N–H and O–H groups in total. The first-order valence-electron chi connectivity index (χ1n) is 8.67. The van der Waals surface area contributed by atoms with E-state index >= 15 is 0 Å². The van der Waals surface area contributed by atoms with Gasteiger partial charge in [-0.3, -0.25) is 4.90 Å². The number of halogens is 1. The van der Waals surface area contributed by atoms with Crippen molar-refractivity contribution in [1.82, 2.24) is 14.7 Å². The molecule has 1 aromatic carbocycles. The highest BCUT2D eigenvalue weighted by atomic mass is 35.5. The van der Waals surface area contributed by atoms with Gasteiger partial charge in [0.1, 0.15) is 5.15 Å². The molecule has 4 nitrogen and oxygen atoms in total. The number of nitrogens with zero attached hydrogens (tertiary/aromatic N) is 3. The van der Waals surface area contributed by atoms with Crippen LogP contribution in [0.1, 0.15) is 35.2 Å². The van der Waals surface area contributed by atoms with Gasteiger partial charge >= 0.3 is 0 Å². The third-order valence-corrected chi connectivity index (χ3v) is 5.41. The van der Waals surface area contributed by atoms with Crippen LogP contribution in [0.3, 0.4) is 0 Å². The first kappa shape index (κ1) is 17.5. The summed E-state index contributed by atoms with van der Waals surface area (Å²) >= 11 is 6.62. The molecule has 1 aromatic heterocycles. The summed E-state index contributed by atoms with van der Waals surface area (Å²) in [4.78, 5) is 2.41. The van der Waals surface area contributed by atoms with Gasteiger partial charge in [-0.05, 0) is 51.3 Å². The lowest BCUT2D eigenvalue weighted by Crippen LogP contribution is -2.34. The lowest BCUT2D eigenvalue weighted by molar-refractivity contribution is 0.127. The molecule has 0 aliphatic carbocycles. The molecule has 2 aromatic rings.